The van der Waals surface area contributed by atoms with Crippen molar-refractivity contribution in [2.75, 3.05) is 11.4 Å². The summed E-state index contributed by atoms with van der Waals surface area (Å²) in [6, 6.07) is 14.0. The fourth-order valence-corrected chi connectivity index (χ4v) is 4.39. The number of likely N-dealkylation sites (tertiary alicyclic amines) is 1. The lowest BCUT2D eigenvalue weighted by Gasteiger charge is -2.36. The Bertz CT molecular complexity index is 1070. The van der Waals surface area contributed by atoms with Gasteiger partial charge in [-0.1, -0.05) is 39.0 Å². The van der Waals surface area contributed by atoms with Crippen molar-refractivity contribution in [3.8, 4) is 0 Å². The standard InChI is InChI=1S/C25H27F3IN3O3/c1-24(2,3)20(30-23(35)25(26,27)28)22(34)31-15-7-10-19(31)21(33)32(17-8-5-4-6-9-17)18-13-11-16(29)12-14-18/h4-6,8-9,11-14,19-20H,7,10,15H2,1-3H3,(H,30,35). The third-order valence-electron chi connectivity index (χ3n) is 5.79. The molecule has 6 nitrogen and oxygen atoms in total. The van der Waals surface area contributed by atoms with Crippen molar-refractivity contribution in [1.82, 2.24) is 10.2 Å². The molecule has 1 aliphatic heterocycles. The van der Waals surface area contributed by atoms with Crippen LogP contribution in [0.4, 0.5) is 24.5 Å². The molecule has 188 valence electrons. The van der Waals surface area contributed by atoms with Gasteiger partial charge in [-0.15, -0.1) is 0 Å². The summed E-state index contributed by atoms with van der Waals surface area (Å²) in [5, 5.41) is 1.85. The molecule has 0 aromatic heterocycles. The molecule has 0 aliphatic carbocycles. The monoisotopic (exact) mass is 601 g/mol. The van der Waals surface area contributed by atoms with Crippen LogP contribution in [0.3, 0.4) is 0 Å². The van der Waals surface area contributed by atoms with E-state index in [9.17, 15) is 27.6 Å². The van der Waals surface area contributed by atoms with Gasteiger partial charge in [-0.3, -0.25) is 19.3 Å². The summed E-state index contributed by atoms with van der Waals surface area (Å²) in [6.07, 6.45) is -4.25. The number of carbonyl (C=O) groups is 3. The van der Waals surface area contributed by atoms with Gasteiger partial charge in [0.15, 0.2) is 0 Å². The normalized spacial score (nSPS) is 17.1. The molecule has 2 atom stereocenters. The van der Waals surface area contributed by atoms with Crippen LogP contribution in [-0.2, 0) is 14.4 Å². The zero-order valence-corrected chi connectivity index (χ0v) is 21.8. The fourth-order valence-electron chi connectivity index (χ4n) is 4.03. The minimum atomic E-state index is -5.13. The van der Waals surface area contributed by atoms with Crippen molar-refractivity contribution in [2.45, 2.75) is 51.9 Å². The van der Waals surface area contributed by atoms with Crippen LogP contribution in [0.1, 0.15) is 33.6 Å². The van der Waals surface area contributed by atoms with Gasteiger partial charge in [0.1, 0.15) is 12.1 Å². The summed E-state index contributed by atoms with van der Waals surface area (Å²) in [5.41, 5.74) is 0.207. The van der Waals surface area contributed by atoms with E-state index in [0.29, 0.717) is 24.2 Å². The molecule has 0 saturated carbocycles. The van der Waals surface area contributed by atoms with Gasteiger partial charge in [0, 0.05) is 21.5 Å². The van der Waals surface area contributed by atoms with Crippen LogP contribution >= 0.6 is 22.6 Å². The molecule has 2 aromatic carbocycles. The van der Waals surface area contributed by atoms with E-state index in [-0.39, 0.29) is 12.5 Å². The number of nitrogens with zero attached hydrogens (tertiary/aromatic N) is 2. The van der Waals surface area contributed by atoms with Crippen LogP contribution in [0.2, 0.25) is 0 Å². The van der Waals surface area contributed by atoms with Gasteiger partial charge >= 0.3 is 12.1 Å². The van der Waals surface area contributed by atoms with E-state index in [4.69, 9.17) is 0 Å². The van der Waals surface area contributed by atoms with Crippen molar-refractivity contribution in [3.05, 3.63) is 58.2 Å². The van der Waals surface area contributed by atoms with Crippen LogP contribution < -0.4 is 10.2 Å². The van der Waals surface area contributed by atoms with Crippen LogP contribution in [0.15, 0.2) is 54.6 Å². The number of alkyl halides is 3. The van der Waals surface area contributed by atoms with Crippen molar-refractivity contribution >= 4 is 51.7 Å². The fraction of sp³-hybridized carbons (Fsp3) is 0.400. The molecule has 1 heterocycles. The number of hydrogen-bond acceptors (Lipinski definition) is 3. The number of amides is 3. The lowest BCUT2D eigenvalue weighted by atomic mass is 9.85. The molecule has 0 spiro atoms. The molecule has 1 N–H and O–H groups in total. The molecule has 3 amide bonds. The number of para-hydroxylation sites is 1. The predicted molar refractivity (Wildman–Crippen MR) is 135 cm³/mol. The Morgan fingerprint density at radius 3 is 2.11 bits per heavy atom. The maximum atomic E-state index is 13.9. The van der Waals surface area contributed by atoms with Crippen molar-refractivity contribution < 1.29 is 27.6 Å². The number of hydrogen-bond donors (Lipinski definition) is 1. The topological polar surface area (TPSA) is 69.7 Å². The number of halogens is 4. The second kappa shape index (κ2) is 10.5. The number of anilines is 2. The van der Waals surface area contributed by atoms with Gasteiger partial charge in [-0.2, -0.15) is 13.2 Å². The third-order valence-corrected chi connectivity index (χ3v) is 6.51. The largest absolute Gasteiger partial charge is 0.471 e. The Balaban J connectivity index is 1.95. The van der Waals surface area contributed by atoms with Crippen LogP contribution in [-0.4, -0.2) is 47.4 Å². The first kappa shape index (κ1) is 27.0. The molecule has 10 heteroatoms. The molecular weight excluding hydrogens is 574 g/mol. The number of nitrogens with one attached hydrogen (secondary N) is 1. The molecule has 0 radical (unpaired) electrons. The summed E-state index contributed by atoms with van der Waals surface area (Å²) >= 11 is 2.16. The van der Waals surface area contributed by atoms with E-state index in [0.717, 1.165) is 3.57 Å². The van der Waals surface area contributed by atoms with Crippen LogP contribution in [0.25, 0.3) is 0 Å². The highest BCUT2D eigenvalue weighted by Gasteiger charge is 2.47. The van der Waals surface area contributed by atoms with Gasteiger partial charge < -0.3 is 10.2 Å². The van der Waals surface area contributed by atoms with E-state index in [2.05, 4.69) is 22.6 Å². The average molecular weight is 601 g/mol. The molecule has 1 fully saturated rings. The minimum Gasteiger partial charge on any atom is -0.336 e. The van der Waals surface area contributed by atoms with Gasteiger partial charge in [0.2, 0.25) is 5.91 Å². The first-order valence-electron chi connectivity index (χ1n) is 11.1. The smallest absolute Gasteiger partial charge is 0.336 e. The summed E-state index contributed by atoms with van der Waals surface area (Å²) in [5.74, 6) is -3.25. The van der Waals surface area contributed by atoms with Crippen LogP contribution in [0, 0.1) is 8.99 Å². The second-order valence-electron chi connectivity index (χ2n) is 9.45. The minimum absolute atomic E-state index is 0.207. The maximum Gasteiger partial charge on any atom is 0.471 e. The molecule has 1 saturated heterocycles. The number of carbonyl (C=O) groups excluding carboxylic acids is 3. The Morgan fingerprint density at radius 1 is 1.00 bits per heavy atom. The zero-order valence-electron chi connectivity index (χ0n) is 19.6. The van der Waals surface area contributed by atoms with Crippen molar-refractivity contribution in [3.63, 3.8) is 0 Å². The van der Waals surface area contributed by atoms with E-state index < -0.39 is 35.5 Å². The first-order valence-corrected chi connectivity index (χ1v) is 12.2. The van der Waals surface area contributed by atoms with Gasteiger partial charge in [0.05, 0.1) is 0 Å². The highest BCUT2D eigenvalue weighted by molar-refractivity contribution is 14.1. The molecular formula is C25H27F3IN3O3. The SMILES string of the molecule is CC(C)(C)C(NC(=O)C(F)(F)F)C(=O)N1CCCC1C(=O)N(c1ccccc1)c1ccc(I)cc1. The van der Waals surface area contributed by atoms with E-state index >= 15 is 0 Å². The number of rotatable bonds is 5. The average Bonchev–Trinajstić information content (AvgIpc) is 3.27. The van der Waals surface area contributed by atoms with Crippen molar-refractivity contribution in [1.29, 1.82) is 0 Å². The number of benzene rings is 2. The Morgan fingerprint density at radius 2 is 1.57 bits per heavy atom. The first-order chi connectivity index (χ1) is 16.3. The van der Waals surface area contributed by atoms with Gasteiger partial charge in [-0.05, 0) is 77.2 Å². The summed E-state index contributed by atoms with van der Waals surface area (Å²) in [6.45, 7) is 4.92. The lowest BCUT2D eigenvalue weighted by molar-refractivity contribution is -0.176. The van der Waals surface area contributed by atoms with E-state index in [1.807, 2.05) is 23.5 Å². The van der Waals surface area contributed by atoms with Crippen molar-refractivity contribution in [2.24, 2.45) is 5.41 Å². The maximum absolute atomic E-state index is 13.9. The third kappa shape index (κ3) is 6.33. The highest BCUT2D eigenvalue weighted by Crippen LogP contribution is 2.32. The molecule has 35 heavy (non-hydrogen) atoms. The van der Waals surface area contributed by atoms with E-state index in [1.54, 1.807) is 57.2 Å². The molecule has 2 aromatic rings. The summed E-state index contributed by atoms with van der Waals surface area (Å²) in [7, 11) is 0. The Hall–Kier alpha value is -2.63. The van der Waals surface area contributed by atoms with Gasteiger partial charge in [-0.25, -0.2) is 0 Å². The Labute approximate surface area is 216 Å². The van der Waals surface area contributed by atoms with Crippen LogP contribution in [0.5, 0.6) is 0 Å². The van der Waals surface area contributed by atoms with E-state index in [1.165, 1.54) is 9.80 Å². The quantitative estimate of drug-likeness (QED) is 0.489. The summed E-state index contributed by atoms with van der Waals surface area (Å²) < 4.78 is 39.8. The Kier molecular flexibility index (Phi) is 8.13. The molecule has 1 aliphatic rings. The second-order valence-corrected chi connectivity index (χ2v) is 10.7. The predicted octanol–water partition coefficient (Wildman–Crippen LogP) is 5.04. The molecule has 0 bridgehead atoms. The lowest BCUT2D eigenvalue weighted by Crippen LogP contribution is -2.59. The zero-order chi connectivity index (χ0) is 26.0. The molecule has 2 unspecified atom stereocenters. The molecule has 3 rings (SSSR count). The van der Waals surface area contributed by atoms with Gasteiger partial charge in [0.25, 0.3) is 5.91 Å². The highest BCUT2D eigenvalue weighted by atomic mass is 127. The summed E-state index contributed by atoms with van der Waals surface area (Å²) in [4.78, 5) is 41.8.